The molecule has 6 nitrogen and oxygen atoms in total. The zero-order chi connectivity index (χ0) is 17.5. The average Bonchev–Trinajstić information content (AvgIpc) is 2.59. The van der Waals surface area contributed by atoms with Crippen molar-refractivity contribution >= 4 is 29.0 Å². The standard InChI is InChI=1S/C17H19N3O3S/c1-12-3-6-14(7-4-12)24-10-9-19-17(21)13-5-8-15(18-2)16(11-13)20(22)23/h3-8,11,18H,9-10H2,1-2H3,(H,19,21). The summed E-state index contributed by atoms with van der Waals surface area (Å²) in [5.74, 6) is 0.413. The molecule has 0 heterocycles. The van der Waals surface area contributed by atoms with Crippen molar-refractivity contribution in [1.82, 2.24) is 5.32 Å². The Morgan fingerprint density at radius 2 is 1.92 bits per heavy atom. The van der Waals surface area contributed by atoms with Crippen LogP contribution in [0.4, 0.5) is 11.4 Å². The summed E-state index contributed by atoms with van der Waals surface area (Å²) in [6.45, 7) is 2.52. The van der Waals surface area contributed by atoms with E-state index < -0.39 is 4.92 Å². The summed E-state index contributed by atoms with van der Waals surface area (Å²) in [7, 11) is 1.60. The quantitative estimate of drug-likeness (QED) is 0.347. The number of carbonyl (C=O) groups is 1. The molecule has 2 rings (SSSR count). The second kappa shape index (κ2) is 8.35. The molecule has 0 atom stereocenters. The first kappa shape index (κ1) is 17.8. The molecule has 0 aromatic heterocycles. The monoisotopic (exact) mass is 345 g/mol. The number of nitro benzene ring substituents is 1. The maximum absolute atomic E-state index is 12.1. The van der Waals surface area contributed by atoms with E-state index in [1.807, 2.05) is 31.2 Å². The zero-order valence-electron chi connectivity index (χ0n) is 13.5. The van der Waals surface area contributed by atoms with Crippen molar-refractivity contribution < 1.29 is 9.72 Å². The number of anilines is 1. The van der Waals surface area contributed by atoms with Gasteiger partial charge in [-0.25, -0.2) is 0 Å². The fourth-order valence-electron chi connectivity index (χ4n) is 2.11. The van der Waals surface area contributed by atoms with Crippen LogP contribution in [0.1, 0.15) is 15.9 Å². The fraction of sp³-hybridized carbons (Fsp3) is 0.235. The molecule has 2 aromatic rings. The number of benzene rings is 2. The Balaban J connectivity index is 1.89. The van der Waals surface area contributed by atoms with Crippen LogP contribution in [0.2, 0.25) is 0 Å². The van der Waals surface area contributed by atoms with Crippen LogP contribution in [0.25, 0.3) is 0 Å². The average molecular weight is 345 g/mol. The Bertz CT molecular complexity index is 732. The van der Waals surface area contributed by atoms with Gasteiger partial charge in [0.2, 0.25) is 0 Å². The fourth-order valence-corrected chi connectivity index (χ4v) is 2.87. The normalized spacial score (nSPS) is 10.2. The predicted octanol–water partition coefficient (Wildman–Crippen LogP) is 3.47. The van der Waals surface area contributed by atoms with E-state index in [9.17, 15) is 14.9 Å². The summed E-state index contributed by atoms with van der Waals surface area (Å²) < 4.78 is 0. The van der Waals surface area contributed by atoms with Crippen LogP contribution in [0.5, 0.6) is 0 Å². The van der Waals surface area contributed by atoms with Gasteiger partial charge >= 0.3 is 0 Å². The van der Waals surface area contributed by atoms with Gasteiger partial charge in [0.05, 0.1) is 4.92 Å². The summed E-state index contributed by atoms with van der Waals surface area (Å²) in [6, 6.07) is 12.6. The largest absolute Gasteiger partial charge is 0.383 e. The van der Waals surface area contributed by atoms with Gasteiger partial charge in [-0.05, 0) is 31.2 Å². The Kier molecular flexibility index (Phi) is 6.20. The Morgan fingerprint density at radius 1 is 1.21 bits per heavy atom. The third-order valence-corrected chi connectivity index (χ3v) is 4.42. The van der Waals surface area contributed by atoms with Crippen LogP contribution in [0.3, 0.4) is 0 Å². The molecule has 1 amide bonds. The first-order valence-corrected chi connectivity index (χ1v) is 8.43. The molecule has 0 saturated carbocycles. The van der Waals surface area contributed by atoms with Gasteiger partial charge in [-0.3, -0.25) is 14.9 Å². The number of thioether (sulfide) groups is 1. The summed E-state index contributed by atoms with van der Waals surface area (Å²) in [5.41, 5.74) is 1.76. The van der Waals surface area contributed by atoms with E-state index in [2.05, 4.69) is 10.6 Å². The topological polar surface area (TPSA) is 84.3 Å². The maximum atomic E-state index is 12.1. The molecule has 0 unspecified atom stereocenters. The highest BCUT2D eigenvalue weighted by molar-refractivity contribution is 7.99. The molecule has 24 heavy (non-hydrogen) atoms. The lowest BCUT2D eigenvalue weighted by molar-refractivity contribution is -0.384. The summed E-state index contributed by atoms with van der Waals surface area (Å²) in [6.07, 6.45) is 0. The van der Waals surface area contributed by atoms with Crippen LogP contribution in [-0.4, -0.2) is 30.2 Å². The van der Waals surface area contributed by atoms with Crippen molar-refractivity contribution in [1.29, 1.82) is 0 Å². The SMILES string of the molecule is CNc1ccc(C(=O)NCCSc2ccc(C)cc2)cc1[N+](=O)[O-]. The van der Waals surface area contributed by atoms with Crippen molar-refractivity contribution in [3.63, 3.8) is 0 Å². The number of nitrogens with zero attached hydrogens (tertiary/aromatic N) is 1. The molecule has 0 aliphatic rings. The first-order chi connectivity index (χ1) is 11.5. The first-order valence-electron chi connectivity index (χ1n) is 7.45. The molecular weight excluding hydrogens is 326 g/mol. The molecule has 0 bridgehead atoms. The van der Waals surface area contributed by atoms with E-state index >= 15 is 0 Å². The number of nitro groups is 1. The molecule has 2 N–H and O–H groups in total. The van der Waals surface area contributed by atoms with Crippen LogP contribution in [0, 0.1) is 17.0 Å². The highest BCUT2D eigenvalue weighted by Gasteiger charge is 2.16. The van der Waals surface area contributed by atoms with Gasteiger partial charge in [0, 0.05) is 35.9 Å². The minimum Gasteiger partial charge on any atom is -0.383 e. The van der Waals surface area contributed by atoms with E-state index in [1.54, 1.807) is 24.9 Å². The van der Waals surface area contributed by atoms with Gasteiger partial charge in [0.15, 0.2) is 0 Å². The minimum atomic E-state index is -0.504. The van der Waals surface area contributed by atoms with Crippen LogP contribution in [0.15, 0.2) is 47.4 Å². The van der Waals surface area contributed by atoms with Crippen molar-refractivity contribution in [2.24, 2.45) is 0 Å². The number of hydrogen-bond acceptors (Lipinski definition) is 5. The third-order valence-electron chi connectivity index (χ3n) is 3.40. The highest BCUT2D eigenvalue weighted by atomic mass is 32.2. The van der Waals surface area contributed by atoms with E-state index in [0.29, 0.717) is 12.2 Å². The molecule has 0 radical (unpaired) electrons. The lowest BCUT2D eigenvalue weighted by Gasteiger charge is -2.07. The predicted molar refractivity (Wildman–Crippen MR) is 96.9 cm³/mol. The summed E-state index contributed by atoms with van der Waals surface area (Å²) in [4.78, 5) is 23.8. The minimum absolute atomic E-state index is 0.112. The number of rotatable bonds is 7. The van der Waals surface area contributed by atoms with E-state index in [1.165, 1.54) is 17.7 Å². The van der Waals surface area contributed by atoms with Gasteiger partial charge in [-0.2, -0.15) is 0 Å². The number of nitrogens with one attached hydrogen (secondary N) is 2. The molecule has 7 heteroatoms. The Hall–Kier alpha value is -2.54. The van der Waals surface area contributed by atoms with Gasteiger partial charge in [-0.1, -0.05) is 17.7 Å². The smallest absolute Gasteiger partial charge is 0.293 e. The van der Waals surface area contributed by atoms with Crippen LogP contribution in [-0.2, 0) is 0 Å². The lowest BCUT2D eigenvalue weighted by atomic mass is 10.1. The Morgan fingerprint density at radius 3 is 2.54 bits per heavy atom. The molecule has 126 valence electrons. The molecular formula is C17H19N3O3S. The van der Waals surface area contributed by atoms with Crippen molar-refractivity contribution in [3.05, 3.63) is 63.7 Å². The van der Waals surface area contributed by atoms with Gasteiger partial charge in [0.25, 0.3) is 11.6 Å². The molecule has 0 fully saturated rings. The summed E-state index contributed by atoms with van der Waals surface area (Å²) >= 11 is 1.65. The molecule has 2 aromatic carbocycles. The van der Waals surface area contributed by atoms with E-state index in [4.69, 9.17) is 0 Å². The molecule has 0 spiro atoms. The van der Waals surface area contributed by atoms with Gasteiger partial charge in [-0.15, -0.1) is 11.8 Å². The zero-order valence-corrected chi connectivity index (χ0v) is 14.4. The maximum Gasteiger partial charge on any atom is 0.293 e. The second-order valence-corrected chi connectivity index (χ2v) is 6.32. The van der Waals surface area contributed by atoms with Crippen LogP contribution < -0.4 is 10.6 Å². The van der Waals surface area contributed by atoms with Crippen molar-refractivity contribution in [2.45, 2.75) is 11.8 Å². The molecule has 0 saturated heterocycles. The van der Waals surface area contributed by atoms with Crippen molar-refractivity contribution in [3.8, 4) is 0 Å². The number of aryl methyl sites for hydroxylation is 1. The Labute approximate surface area is 144 Å². The van der Waals surface area contributed by atoms with Crippen LogP contribution >= 0.6 is 11.8 Å². The summed E-state index contributed by atoms with van der Waals surface area (Å²) in [5, 5.41) is 16.5. The number of hydrogen-bond donors (Lipinski definition) is 2. The lowest BCUT2D eigenvalue weighted by Crippen LogP contribution is -2.25. The second-order valence-electron chi connectivity index (χ2n) is 5.16. The van der Waals surface area contributed by atoms with E-state index in [-0.39, 0.29) is 17.2 Å². The number of carbonyl (C=O) groups excluding carboxylic acids is 1. The number of amides is 1. The van der Waals surface area contributed by atoms with Gasteiger partial charge in [0.1, 0.15) is 5.69 Å². The van der Waals surface area contributed by atoms with Crippen molar-refractivity contribution in [2.75, 3.05) is 24.7 Å². The van der Waals surface area contributed by atoms with E-state index in [0.717, 1.165) is 10.6 Å². The highest BCUT2D eigenvalue weighted by Crippen LogP contribution is 2.25. The van der Waals surface area contributed by atoms with Gasteiger partial charge < -0.3 is 10.6 Å². The molecule has 0 aliphatic carbocycles. The third kappa shape index (κ3) is 4.73. The molecule has 0 aliphatic heterocycles.